The number of carbonyl (C=O) groups is 4. The Bertz CT molecular complexity index is 2260. The summed E-state index contributed by atoms with van der Waals surface area (Å²) in [4.78, 5) is 61.6. The number of aryl methyl sites for hydroxylation is 1. The second kappa shape index (κ2) is 28.9. The molecule has 17 heteroatoms. The highest BCUT2D eigenvalue weighted by Gasteiger charge is 2.29. The fourth-order valence-corrected chi connectivity index (χ4v) is 7.22. The summed E-state index contributed by atoms with van der Waals surface area (Å²) in [5.41, 5.74) is 11.2. The molecule has 368 valence electrons. The van der Waals surface area contributed by atoms with Gasteiger partial charge < -0.3 is 38.5 Å². The van der Waals surface area contributed by atoms with E-state index >= 15 is 0 Å². The van der Waals surface area contributed by atoms with Crippen molar-refractivity contribution < 1.29 is 52.3 Å². The van der Waals surface area contributed by atoms with Gasteiger partial charge in [0.05, 0.1) is 72.4 Å². The highest BCUT2D eigenvalue weighted by molar-refractivity contribution is 6.00. The Labute approximate surface area is 399 Å². The fraction of sp³-hybridized carbons (Fsp3) is 0.510. The lowest BCUT2D eigenvalue weighted by atomic mass is 9.85. The molecule has 0 aliphatic carbocycles. The predicted molar refractivity (Wildman–Crippen MR) is 260 cm³/mol. The molecule has 0 spiro atoms. The van der Waals surface area contributed by atoms with Gasteiger partial charge in [0.15, 0.2) is 5.78 Å². The molecule has 0 radical (unpaired) electrons. The highest BCUT2D eigenvalue weighted by atomic mass is 16.6. The van der Waals surface area contributed by atoms with E-state index in [2.05, 4.69) is 20.3 Å². The minimum absolute atomic E-state index is 0.00375. The summed E-state index contributed by atoms with van der Waals surface area (Å²) in [5, 5.41) is 8.27. The van der Waals surface area contributed by atoms with Crippen molar-refractivity contribution >= 4 is 40.3 Å². The number of amides is 2. The molecule has 0 saturated carbocycles. The third-order valence-electron chi connectivity index (χ3n) is 10.6. The topological polar surface area (TPSA) is 210 Å². The number of Topliss-reactive ketones (excluding diaryl/α,β-unsaturated/α-hetero) is 1. The number of azide groups is 1. The number of ketones is 1. The van der Waals surface area contributed by atoms with Gasteiger partial charge in [-0.15, -0.1) is 0 Å². The molecule has 2 amide bonds. The summed E-state index contributed by atoms with van der Waals surface area (Å²) in [6, 6.07) is 22.6. The summed E-state index contributed by atoms with van der Waals surface area (Å²) in [5.74, 6) is -0.554. The lowest BCUT2D eigenvalue weighted by molar-refractivity contribution is -0.141. The molecular weight excluding hydrogens is 873 g/mol. The number of nitrogens with zero attached hydrogens (tertiary/aromatic N) is 5. The quantitative estimate of drug-likeness (QED) is 0.0171. The van der Waals surface area contributed by atoms with E-state index in [9.17, 15) is 19.2 Å². The van der Waals surface area contributed by atoms with Gasteiger partial charge in [0, 0.05) is 48.3 Å². The van der Waals surface area contributed by atoms with Crippen LogP contribution >= 0.6 is 0 Å². The lowest BCUT2D eigenvalue weighted by Gasteiger charge is -2.27. The Morgan fingerprint density at radius 2 is 1.44 bits per heavy atom. The minimum Gasteiger partial charge on any atom is -0.491 e. The third-order valence-corrected chi connectivity index (χ3v) is 10.6. The van der Waals surface area contributed by atoms with Gasteiger partial charge in [0.25, 0.3) is 0 Å². The molecule has 0 fully saturated rings. The second-order valence-electron chi connectivity index (χ2n) is 17.4. The van der Waals surface area contributed by atoms with Crippen LogP contribution in [0.1, 0.15) is 77.3 Å². The van der Waals surface area contributed by atoms with E-state index in [0.29, 0.717) is 78.2 Å². The number of ether oxygens (including phenoxy) is 7. The molecule has 17 nitrogen and oxygen atoms in total. The number of carbonyl (C=O) groups excluding carboxylic acids is 4. The monoisotopic (exact) mass is 940 g/mol. The van der Waals surface area contributed by atoms with Crippen LogP contribution < -0.4 is 15.0 Å². The molecular formula is C51H68N6O11. The summed E-state index contributed by atoms with van der Waals surface area (Å²) in [6.45, 7) is 15.1. The van der Waals surface area contributed by atoms with E-state index in [1.165, 1.54) is 12.0 Å². The maximum absolute atomic E-state index is 14.0. The Morgan fingerprint density at radius 3 is 2.04 bits per heavy atom. The summed E-state index contributed by atoms with van der Waals surface area (Å²) in [6.07, 6.45) is 1.40. The summed E-state index contributed by atoms with van der Waals surface area (Å²) in [7, 11) is 1.32. The van der Waals surface area contributed by atoms with E-state index in [-0.39, 0.29) is 43.4 Å². The average molecular weight is 941 g/mol. The molecule has 4 aromatic rings. The van der Waals surface area contributed by atoms with Gasteiger partial charge in [-0.25, -0.2) is 9.78 Å². The van der Waals surface area contributed by atoms with Gasteiger partial charge in [0.2, 0.25) is 5.91 Å². The van der Waals surface area contributed by atoms with Gasteiger partial charge in [-0.2, -0.15) is 0 Å². The van der Waals surface area contributed by atoms with Crippen LogP contribution in [0.15, 0.2) is 84.1 Å². The molecule has 1 heterocycles. The molecule has 0 aliphatic rings. The second-order valence-corrected chi connectivity index (χ2v) is 17.4. The van der Waals surface area contributed by atoms with Crippen LogP contribution in [0.25, 0.3) is 32.3 Å². The van der Waals surface area contributed by atoms with Gasteiger partial charge >= 0.3 is 12.1 Å². The van der Waals surface area contributed by atoms with Crippen LogP contribution in [-0.2, 0) is 42.8 Å². The van der Waals surface area contributed by atoms with Crippen molar-refractivity contribution in [3.8, 4) is 16.9 Å². The van der Waals surface area contributed by atoms with Crippen molar-refractivity contribution in [3.05, 3.63) is 101 Å². The van der Waals surface area contributed by atoms with Crippen molar-refractivity contribution in [2.24, 2.45) is 11.0 Å². The van der Waals surface area contributed by atoms with Crippen LogP contribution in [0.3, 0.4) is 0 Å². The van der Waals surface area contributed by atoms with Crippen LogP contribution in [-0.4, -0.2) is 120 Å². The highest BCUT2D eigenvalue weighted by Crippen LogP contribution is 2.36. The first-order valence-electron chi connectivity index (χ1n) is 23.1. The maximum atomic E-state index is 14.0. The molecule has 2 atom stereocenters. The molecule has 3 aromatic carbocycles. The first-order valence-corrected chi connectivity index (χ1v) is 23.1. The maximum Gasteiger partial charge on any atom is 0.416 e. The first-order chi connectivity index (χ1) is 32.7. The van der Waals surface area contributed by atoms with Gasteiger partial charge in [0.1, 0.15) is 23.8 Å². The number of pyridine rings is 1. The van der Waals surface area contributed by atoms with Gasteiger partial charge in [-0.05, 0) is 91.4 Å². The molecule has 0 aliphatic heterocycles. The lowest BCUT2D eigenvalue weighted by Crippen LogP contribution is -2.45. The van der Waals surface area contributed by atoms with E-state index < -0.39 is 29.6 Å². The number of fused-ring (bicyclic) bond motifs is 1. The van der Waals surface area contributed by atoms with Crippen molar-refractivity contribution in [3.63, 3.8) is 0 Å². The van der Waals surface area contributed by atoms with Crippen molar-refractivity contribution in [1.29, 1.82) is 0 Å². The van der Waals surface area contributed by atoms with Crippen LogP contribution in [0.2, 0.25) is 0 Å². The van der Waals surface area contributed by atoms with Crippen LogP contribution in [0.4, 0.5) is 10.6 Å². The van der Waals surface area contributed by atoms with Gasteiger partial charge in [-0.1, -0.05) is 73.6 Å². The number of anilines is 1. The van der Waals surface area contributed by atoms with Crippen LogP contribution in [0.5, 0.6) is 5.75 Å². The molecule has 1 N–H and O–H groups in total. The number of hydrogen-bond donors (Lipinski definition) is 1. The van der Waals surface area contributed by atoms with E-state index in [0.717, 1.165) is 38.8 Å². The largest absolute Gasteiger partial charge is 0.491 e. The van der Waals surface area contributed by atoms with Crippen LogP contribution in [0, 0.1) is 12.8 Å². The first kappa shape index (κ1) is 54.5. The number of rotatable bonds is 30. The zero-order chi connectivity index (χ0) is 49.3. The van der Waals surface area contributed by atoms with E-state index in [4.69, 9.17) is 38.7 Å². The standard InChI is InChI=1S/C51H68N6O11/c1-36(2)49(55-47(59)13-10-23-57(50(61)68-51(4,5)6)46-33-37(3)20-21-53-46)44(58)34-40(35-48(60)62-7)38-14-16-39(17-15-38)41-18-19-45(43-12-9-8-11-42(41)43)67-32-31-66-30-29-65-28-27-64-26-25-63-24-22-54-56-52/h8-9,11-12,14-21,33,36,40,49H,10,13,22-32,34-35H2,1-7H3,(H,55,59)/t40-,49+/m0/s1. The molecule has 68 heavy (non-hydrogen) atoms. The number of hydrogen-bond acceptors (Lipinski definition) is 13. The number of aromatic nitrogens is 1. The predicted octanol–water partition coefficient (Wildman–Crippen LogP) is 8.93. The number of esters is 1. The molecule has 4 rings (SSSR count). The third kappa shape index (κ3) is 18.9. The van der Waals surface area contributed by atoms with Crippen molar-refractivity contribution in [2.45, 2.75) is 84.8 Å². The zero-order valence-corrected chi connectivity index (χ0v) is 40.6. The molecule has 0 bridgehead atoms. The SMILES string of the molecule is COC(=O)C[C@H](CC(=O)[C@H](NC(=O)CCCN(C(=O)OC(C)(C)C)c1cc(C)ccn1)C(C)C)c1ccc(-c2ccc(OCCOCCOCCOCCOCCN=[N+]=[N-])c3ccccc23)cc1. The Balaban J connectivity index is 1.32. The van der Waals surface area contributed by atoms with E-state index in [1.54, 1.807) is 33.0 Å². The smallest absolute Gasteiger partial charge is 0.416 e. The minimum atomic E-state index is -0.799. The molecule has 1 aromatic heterocycles. The number of methoxy groups -OCH3 is 1. The normalized spacial score (nSPS) is 12.2. The zero-order valence-electron chi connectivity index (χ0n) is 40.6. The van der Waals surface area contributed by atoms with Crippen molar-refractivity contribution in [2.75, 3.05) is 84.6 Å². The summed E-state index contributed by atoms with van der Waals surface area (Å²) >= 11 is 0. The molecule has 0 unspecified atom stereocenters. The average Bonchev–Trinajstić information content (AvgIpc) is 3.31. The molecule has 0 saturated heterocycles. The Hall–Kier alpha value is -6.10. The van der Waals surface area contributed by atoms with Gasteiger partial charge in [-0.3, -0.25) is 19.3 Å². The number of nitrogens with one attached hydrogen (secondary N) is 1. The van der Waals surface area contributed by atoms with Crippen molar-refractivity contribution in [1.82, 2.24) is 10.3 Å². The Kier molecular flexibility index (Phi) is 23.2. The Morgan fingerprint density at radius 1 is 0.809 bits per heavy atom. The number of benzene rings is 3. The van der Waals surface area contributed by atoms with E-state index in [1.807, 2.05) is 87.5 Å². The fourth-order valence-electron chi connectivity index (χ4n) is 7.22. The summed E-state index contributed by atoms with van der Waals surface area (Å²) < 4.78 is 38.8.